The van der Waals surface area contributed by atoms with Crippen LogP contribution in [0.4, 0.5) is 0 Å². The van der Waals surface area contributed by atoms with E-state index in [4.69, 9.17) is 9.47 Å². The first kappa shape index (κ1) is 21.1. The van der Waals surface area contributed by atoms with E-state index >= 15 is 0 Å². The number of hydrogen-bond acceptors (Lipinski definition) is 5. The summed E-state index contributed by atoms with van der Waals surface area (Å²) in [5.41, 5.74) is 0.874. The Labute approximate surface area is 171 Å². The van der Waals surface area contributed by atoms with Crippen molar-refractivity contribution in [3.8, 4) is 5.75 Å². The summed E-state index contributed by atoms with van der Waals surface area (Å²) in [6, 6.07) is 7.27. The zero-order chi connectivity index (χ0) is 20.8. The van der Waals surface area contributed by atoms with Crippen molar-refractivity contribution in [2.75, 3.05) is 20.3 Å². The molecule has 2 amide bonds. The average Bonchev–Trinajstić information content (AvgIpc) is 3.55. The van der Waals surface area contributed by atoms with E-state index in [0.29, 0.717) is 25.1 Å². The highest BCUT2D eigenvalue weighted by molar-refractivity contribution is 5.84. The maximum Gasteiger partial charge on any atom is 0.311 e. The summed E-state index contributed by atoms with van der Waals surface area (Å²) in [5, 5.41) is 2.82. The van der Waals surface area contributed by atoms with Crippen LogP contribution in [0, 0.1) is 5.92 Å². The van der Waals surface area contributed by atoms with Crippen LogP contribution in [0.3, 0.4) is 0 Å². The number of rotatable bonds is 9. The molecule has 1 aromatic carbocycles. The third-order valence-corrected chi connectivity index (χ3v) is 5.51. The van der Waals surface area contributed by atoms with Gasteiger partial charge in [0.2, 0.25) is 5.91 Å². The van der Waals surface area contributed by atoms with Crippen LogP contribution in [-0.2, 0) is 19.1 Å². The summed E-state index contributed by atoms with van der Waals surface area (Å²) in [6.07, 6.45) is 4.51. The lowest BCUT2D eigenvalue weighted by molar-refractivity contribution is -0.160. The molecule has 2 atom stereocenters. The number of carbonyl (C=O) groups excluding carboxylic acids is 3. The zero-order valence-electron chi connectivity index (χ0n) is 17.2. The highest BCUT2D eigenvalue weighted by Crippen LogP contribution is 2.38. The number of benzene rings is 1. The molecule has 3 rings (SSSR count). The maximum atomic E-state index is 12.9. The Morgan fingerprint density at radius 2 is 1.90 bits per heavy atom. The predicted molar refractivity (Wildman–Crippen MR) is 107 cm³/mol. The van der Waals surface area contributed by atoms with Gasteiger partial charge < -0.3 is 19.7 Å². The minimum absolute atomic E-state index is 0.0507. The fourth-order valence-electron chi connectivity index (χ4n) is 3.75. The van der Waals surface area contributed by atoms with Crippen molar-refractivity contribution in [2.45, 2.75) is 57.5 Å². The van der Waals surface area contributed by atoms with Gasteiger partial charge in [-0.1, -0.05) is 25.5 Å². The van der Waals surface area contributed by atoms with Crippen molar-refractivity contribution >= 4 is 17.8 Å². The van der Waals surface area contributed by atoms with Gasteiger partial charge in [0.15, 0.2) is 6.61 Å². The second kappa shape index (κ2) is 9.76. The van der Waals surface area contributed by atoms with Gasteiger partial charge in [0.1, 0.15) is 5.75 Å². The van der Waals surface area contributed by atoms with E-state index in [9.17, 15) is 14.4 Å². The summed E-state index contributed by atoms with van der Waals surface area (Å²) in [4.78, 5) is 39.2. The summed E-state index contributed by atoms with van der Waals surface area (Å²) >= 11 is 0. The molecule has 0 bridgehead atoms. The minimum atomic E-state index is -0.494. The fourth-order valence-corrected chi connectivity index (χ4v) is 3.75. The lowest BCUT2D eigenvalue weighted by Gasteiger charge is -2.40. The van der Waals surface area contributed by atoms with E-state index in [1.165, 1.54) is 0 Å². The second-order valence-electron chi connectivity index (χ2n) is 7.75. The van der Waals surface area contributed by atoms with Crippen LogP contribution in [0.25, 0.3) is 0 Å². The predicted octanol–water partition coefficient (Wildman–Crippen LogP) is 2.60. The topological polar surface area (TPSA) is 84.9 Å². The Kier molecular flexibility index (Phi) is 7.12. The smallest absolute Gasteiger partial charge is 0.311 e. The van der Waals surface area contributed by atoms with Crippen molar-refractivity contribution in [1.82, 2.24) is 10.2 Å². The Morgan fingerprint density at radius 3 is 2.52 bits per heavy atom. The first-order valence-corrected chi connectivity index (χ1v) is 10.4. The normalized spacial score (nSPS) is 21.6. The monoisotopic (exact) mass is 402 g/mol. The summed E-state index contributed by atoms with van der Waals surface area (Å²) < 4.78 is 10.6. The lowest BCUT2D eigenvalue weighted by Crippen LogP contribution is -2.46. The van der Waals surface area contributed by atoms with Crippen LogP contribution < -0.4 is 10.1 Å². The standard InChI is InChI=1S/C22H30N2O5/c1-3-4-13-24-20(26)12-11-18(21(24)15-5-9-17(28-2)10-6-15)22(27)29-14-19(25)23-16-7-8-16/h5-6,9-10,16,18,21H,3-4,7-8,11-14H2,1-2H3,(H,23,25)/t18-,21-/m1/s1. The Morgan fingerprint density at radius 1 is 1.17 bits per heavy atom. The number of methoxy groups -OCH3 is 1. The van der Waals surface area contributed by atoms with Crippen molar-refractivity contribution in [2.24, 2.45) is 5.92 Å². The highest BCUT2D eigenvalue weighted by Gasteiger charge is 2.41. The van der Waals surface area contributed by atoms with Crippen LogP contribution >= 0.6 is 0 Å². The van der Waals surface area contributed by atoms with E-state index < -0.39 is 17.9 Å². The summed E-state index contributed by atoms with van der Waals surface area (Å²) in [7, 11) is 1.60. The molecule has 7 nitrogen and oxygen atoms in total. The number of likely N-dealkylation sites (tertiary alicyclic amines) is 1. The number of piperidine rings is 1. The van der Waals surface area contributed by atoms with E-state index in [1.54, 1.807) is 12.0 Å². The summed E-state index contributed by atoms with van der Waals surface area (Å²) in [5.74, 6) is -0.421. The molecule has 1 heterocycles. The van der Waals surface area contributed by atoms with Gasteiger partial charge in [0.25, 0.3) is 5.91 Å². The molecule has 7 heteroatoms. The van der Waals surface area contributed by atoms with Crippen molar-refractivity contribution in [1.29, 1.82) is 0 Å². The molecule has 0 spiro atoms. The SMILES string of the molecule is CCCCN1C(=O)CC[C@@H](C(=O)OCC(=O)NC2CC2)[C@H]1c1ccc(OC)cc1. The van der Waals surface area contributed by atoms with Crippen molar-refractivity contribution < 1.29 is 23.9 Å². The third kappa shape index (κ3) is 5.49. The lowest BCUT2D eigenvalue weighted by atomic mass is 9.84. The second-order valence-corrected chi connectivity index (χ2v) is 7.75. The van der Waals surface area contributed by atoms with Crippen molar-refractivity contribution in [3.63, 3.8) is 0 Å². The van der Waals surface area contributed by atoms with Gasteiger partial charge in [-0.2, -0.15) is 0 Å². The molecule has 1 aliphatic heterocycles. The fraction of sp³-hybridized carbons (Fsp3) is 0.591. The number of hydrogen-bond donors (Lipinski definition) is 1. The van der Waals surface area contributed by atoms with Gasteiger partial charge in [-0.05, 0) is 43.4 Å². The van der Waals surface area contributed by atoms with Gasteiger partial charge in [0.05, 0.1) is 19.1 Å². The van der Waals surface area contributed by atoms with Gasteiger partial charge in [0, 0.05) is 19.0 Å². The number of esters is 1. The van der Waals surface area contributed by atoms with E-state index in [1.807, 2.05) is 24.3 Å². The Balaban J connectivity index is 1.76. The highest BCUT2D eigenvalue weighted by atomic mass is 16.5. The average molecular weight is 402 g/mol. The zero-order valence-corrected chi connectivity index (χ0v) is 17.2. The molecule has 0 radical (unpaired) electrons. The Bertz CT molecular complexity index is 729. The molecule has 1 saturated carbocycles. The largest absolute Gasteiger partial charge is 0.497 e. The van der Waals surface area contributed by atoms with Gasteiger partial charge >= 0.3 is 5.97 Å². The number of carbonyl (C=O) groups is 3. The van der Waals surface area contributed by atoms with Crippen LogP contribution in [0.5, 0.6) is 5.75 Å². The molecule has 2 aliphatic rings. The molecule has 1 saturated heterocycles. The molecular weight excluding hydrogens is 372 g/mol. The van der Waals surface area contributed by atoms with Crippen LogP contribution in [0.1, 0.15) is 57.1 Å². The third-order valence-electron chi connectivity index (χ3n) is 5.51. The molecule has 0 aromatic heterocycles. The number of nitrogens with zero attached hydrogens (tertiary/aromatic N) is 1. The van der Waals surface area contributed by atoms with E-state index in [-0.39, 0.29) is 24.5 Å². The number of nitrogens with one attached hydrogen (secondary N) is 1. The van der Waals surface area contributed by atoms with Gasteiger partial charge in [-0.3, -0.25) is 14.4 Å². The first-order chi connectivity index (χ1) is 14.0. The van der Waals surface area contributed by atoms with Gasteiger partial charge in [-0.15, -0.1) is 0 Å². The van der Waals surface area contributed by atoms with Crippen LogP contribution in [0.15, 0.2) is 24.3 Å². The number of amides is 2. The molecule has 158 valence electrons. The number of ether oxygens (including phenoxy) is 2. The molecular formula is C22H30N2O5. The molecule has 2 fully saturated rings. The minimum Gasteiger partial charge on any atom is -0.497 e. The molecule has 1 aliphatic carbocycles. The Hall–Kier alpha value is -2.57. The van der Waals surface area contributed by atoms with E-state index in [0.717, 1.165) is 31.2 Å². The van der Waals surface area contributed by atoms with Crippen LogP contribution in [-0.4, -0.2) is 49.0 Å². The maximum absolute atomic E-state index is 12.9. The summed E-state index contributed by atoms with van der Waals surface area (Å²) in [6.45, 7) is 2.39. The van der Waals surface area contributed by atoms with Gasteiger partial charge in [-0.25, -0.2) is 0 Å². The molecule has 1 N–H and O–H groups in total. The molecule has 1 aromatic rings. The molecule has 0 unspecified atom stereocenters. The number of unbranched alkanes of at least 4 members (excludes halogenated alkanes) is 1. The van der Waals surface area contributed by atoms with Crippen molar-refractivity contribution in [3.05, 3.63) is 29.8 Å². The quantitative estimate of drug-likeness (QED) is 0.642. The first-order valence-electron chi connectivity index (χ1n) is 10.4. The molecule has 29 heavy (non-hydrogen) atoms. The van der Waals surface area contributed by atoms with Crippen LogP contribution in [0.2, 0.25) is 0 Å². The van der Waals surface area contributed by atoms with E-state index in [2.05, 4.69) is 12.2 Å².